The minimum atomic E-state index is -0.388. The molecule has 1 aliphatic rings. The van der Waals surface area contributed by atoms with Crippen LogP contribution in [0.2, 0.25) is 0 Å². The van der Waals surface area contributed by atoms with Crippen LogP contribution in [0.15, 0.2) is 61.2 Å². The molecule has 1 atom stereocenters. The molecule has 0 amide bonds. The third-order valence-corrected chi connectivity index (χ3v) is 5.60. The number of hydrogen-bond acceptors (Lipinski definition) is 6. The largest absolute Gasteiger partial charge is 0.497 e. The van der Waals surface area contributed by atoms with Crippen LogP contribution < -0.4 is 9.64 Å². The standard InChI is InChI=1S/C22H27N6O/c1-3-10-22(28-14-5-13-25-28,19-6-8-20(29-2)9-7-19)27-17-15-26(16-18-27)21-23-11-4-12-24-21/h4-9,11-14H,1,3,10,15-18H2,2H3. The summed E-state index contributed by atoms with van der Waals surface area (Å²) < 4.78 is 7.45. The molecule has 0 bridgehead atoms. The molecule has 0 aliphatic carbocycles. The van der Waals surface area contributed by atoms with Crippen molar-refractivity contribution in [3.8, 4) is 5.75 Å². The van der Waals surface area contributed by atoms with Crippen LogP contribution in [-0.2, 0) is 5.66 Å². The molecule has 0 saturated carbocycles. The average Bonchev–Trinajstić information content (AvgIpc) is 3.34. The molecule has 0 N–H and O–H groups in total. The lowest BCUT2D eigenvalue weighted by Gasteiger charge is -2.48. The van der Waals surface area contributed by atoms with E-state index in [1.165, 1.54) is 5.56 Å². The molecule has 29 heavy (non-hydrogen) atoms. The van der Waals surface area contributed by atoms with Crippen molar-refractivity contribution in [1.82, 2.24) is 24.6 Å². The van der Waals surface area contributed by atoms with E-state index >= 15 is 0 Å². The number of rotatable bonds is 7. The predicted molar refractivity (Wildman–Crippen MR) is 113 cm³/mol. The van der Waals surface area contributed by atoms with Crippen molar-refractivity contribution in [3.05, 3.63) is 73.7 Å². The normalized spacial score (nSPS) is 17.1. The summed E-state index contributed by atoms with van der Waals surface area (Å²) in [6, 6.07) is 12.1. The number of anilines is 1. The Balaban J connectivity index is 1.67. The van der Waals surface area contributed by atoms with E-state index in [4.69, 9.17) is 4.74 Å². The molecule has 151 valence electrons. The SMILES string of the molecule is [CH2]CCC(c1ccc(OC)cc1)(N1CCN(c2ncccn2)CC1)n1cccn1. The summed E-state index contributed by atoms with van der Waals surface area (Å²) in [5.41, 5.74) is 0.802. The monoisotopic (exact) mass is 391 g/mol. The van der Waals surface area contributed by atoms with E-state index in [0.29, 0.717) is 0 Å². The van der Waals surface area contributed by atoms with Crippen LogP contribution in [-0.4, -0.2) is 57.9 Å². The van der Waals surface area contributed by atoms with Crippen LogP contribution in [0.3, 0.4) is 0 Å². The first-order valence-corrected chi connectivity index (χ1v) is 9.99. The Labute approximate surface area is 172 Å². The molecule has 4 rings (SSSR count). The second-order valence-electron chi connectivity index (χ2n) is 7.12. The van der Waals surface area contributed by atoms with Gasteiger partial charge in [-0.15, -0.1) is 0 Å². The van der Waals surface area contributed by atoms with Gasteiger partial charge in [0.1, 0.15) is 11.4 Å². The van der Waals surface area contributed by atoms with Gasteiger partial charge in [-0.3, -0.25) is 4.90 Å². The molecule has 7 nitrogen and oxygen atoms in total. The van der Waals surface area contributed by atoms with E-state index in [9.17, 15) is 0 Å². The smallest absolute Gasteiger partial charge is 0.225 e. The summed E-state index contributed by atoms with van der Waals surface area (Å²) in [7, 11) is 1.69. The van der Waals surface area contributed by atoms with Gasteiger partial charge < -0.3 is 9.64 Å². The summed E-state index contributed by atoms with van der Waals surface area (Å²) >= 11 is 0. The number of aromatic nitrogens is 4. The molecular weight excluding hydrogens is 364 g/mol. The zero-order valence-electron chi connectivity index (χ0n) is 16.8. The third-order valence-electron chi connectivity index (χ3n) is 5.60. The van der Waals surface area contributed by atoms with E-state index in [2.05, 4.69) is 48.6 Å². The molecule has 7 heteroatoms. The fraction of sp³-hybridized carbons (Fsp3) is 0.364. The molecular formula is C22H27N6O. The second-order valence-corrected chi connectivity index (χ2v) is 7.12. The highest BCUT2D eigenvalue weighted by atomic mass is 16.5. The Morgan fingerprint density at radius 1 is 1.00 bits per heavy atom. The Bertz CT molecular complexity index is 875. The van der Waals surface area contributed by atoms with Crippen molar-refractivity contribution in [3.63, 3.8) is 0 Å². The van der Waals surface area contributed by atoms with Gasteiger partial charge in [-0.25, -0.2) is 14.6 Å². The van der Waals surface area contributed by atoms with Gasteiger partial charge in [-0.2, -0.15) is 5.10 Å². The maximum Gasteiger partial charge on any atom is 0.225 e. The topological polar surface area (TPSA) is 59.3 Å². The average molecular weight is 391 g/mol. The Morgan fingerprint density at radius 2 is 1.72 bits per heavy atom. The van der Waals surface area contributed by atoms with Gasteiger partial charge in [0.25, 0.3) is 0 Å². The van der Waals surface area contributed by atoms with Gasteiger partial charge in [0.15, 0.2) is 0 Å². The number of ether oxygens (including phenoxy) is 1. The third kappa shape index (κ3) is 3.70. The van der Waals surface area contributed by atoms with E-state index in [1.807, 2.05) is 36.7 Å². The summed E-state index contributed by atoms with van der Waals surface area (Å²) in [6.07, 6.45) is 9.14. The highest BCUT2D eigenvalue weighted by Crippen LogP contribution is 2.36. The minimum Gasteiger partial charge on any atom is -0.497 e. The van der Waals surface area contributed by atoms with Gasteiger partial charge in [0.2, 0.25) is 5.95 Å². The number of hydrogen-bond donors (Lipinski definition) is 0. The predicted octanol–water partition coefficient (Wildman–Crippen LogP) is 2.82. The Hall–Kier alpha value is -2.93. The van der Waals surface area contributed by atoms with E-state index in [0.717, 1.165) is 50.7 Å². The van der Waals surface area contributed by atoms with Crippen molar-refractivity contribution >= 4 is 5.95 Å². The first kappa shape index (κ1) is 19.4. The molecule has 1 radical (unpaired) electrons. The van der Waals surface area contributed by atoms with Gasteiger partial charge in [0, 0.05) is 51.0 Å². The Morgan fingerprint density at radius 3 is 2.31 bits per heavy atom. The summed E-state index contributed by atoms with van der Waals surface area (Å²) in [4.78, 5) is 13.6. The molecule has 1 unspecified atom stereocenters. The quantitative estimate of drug-likeness (QED) is 0.617. The summed E-state index contributed by atoms with van der Waals surface area (Å²) in [5, 5.41) is 4.66. The lowest BCUT2D eigenvalue weighted by molar-refractivity contribution is 0.0303. The van der Waals surface area contributed by atoms with Gasteiger partial charge in [-0.1, -0.05) is 19.1 Å². The molecule has 0 spiro atoms. The van der Waals surface area contributed by atoms with E-state index < -0.39 is 0 Å². The highest BCUT2D eigenvalue weighted by Gasteiger charge is 2.41. The van der Waals surface area contributed by atoms with Crippen LogP contribution in [0, 0.1) is 6.92 Å². The second kappa shape index (κ2) is 8.61. The maximum atomic E-state index is 5.37. The maximum absolute atomic E-state index is 5.37. The molecule has 3 aromatic rings. The number of methoxy groups -OCH3 is 1. The number of piperazine rings is 1. The van der Waals surface area contributed by atoms with Gasteiger partial charge in [0.05, 0.1) is 7.11 Å². The molecule has 1 fully saturated rings. The summed E-state index contributed by atoms with van der Waals surface area (Å²) in [6.45, 7) is 7.66. The summed E-state index contributed by atoms with van der Waals surface area (Å²) in [5.74, 6) is 1.64. The first-order chi connectivity index (χ1) is 14.3. The molecule has 1 saturated heterocycles. The van der Waals surface area contributed by atoms with Crippen molar-refractivity contribution in [2.24, 2.45) is 0 Å². The van der Waals surface area contributed by atoms with Crippen LogP contribution in [0.5, 0.6) is 5.75 Å². The lowest BCUT2D eigenvalue weighted by Crippen LogP contribution is -2.59. The number of benzene rings is 1. The van der Waals surface area contributed by atoms with Crippen molar-refractivity contribution in [1.29, 1.82) is 0 Å². The van der Waals surface area contributed by atoms with Gasteiger partial charge in [-0.05, 0) is 42.7 Å². The van der Waals surface area contributed by atoms with E-state index in [-0.39, 0.29) is 5.66 Å². The molecule has 1 aromatic carbocycles. The lowest BCUT2D eigenvalue weighted by atomic mass is 9.91. The van der Waals surface area contributed by atoms with Crippen LogP contribution in [0.25, 0.3) is 0 Å². The molecule has 3 heterocycles. The fourth-order valence-corrected chi connectivity index (χ4v) is 4.20. The van der Waals surface area contributed by atoms with Crippen molar-refractivity contribution < 1.29 is 4.74 Å². The molecule has 2 aromatic heterocycles. The van der Waals surface area contributed by atoms with Gasteiger partial charge >= 0.3 is 0 Å². The molecule has 1 aliphatic heterocycles. The zero-order chi connectivity index (χ0) is 20.1. The van der Waals surface area contributed by atoms with E-state index in [1.54, 1.807) is 19.5 Å². The van der Waals surface area contributed by atoms with Crippen LogP contribution in [0.4, 0.5) is 5.95 Å². The Kier molecular flexibility index (Phi) is 5.76. The minimum absolute atomic E-state index is 0.388. The zero-order valence-corrected chi connectivity index (χ0v) is 16.8. The first-order valence-electron chi connectivity index (χ1n) is 9.99. The van der Waals surface area contributed by atoms with Crippen LogP contribution >= 0.6 is 0 Å². The fourth-order valence-electron chi connectivity index (χ4n) is 4.20. The van der Waals surface area contributed by atoms with Crippen LogP contribution in [0.1, 0.15) is 18.4 Å². The number of nitrogens with zero attached hydrogens (tertiary/aromatic N) is 6. The van der Waals surface area contributed by atoms with Crippen molar-refractivity contribution in [2.75, 3.05) is 38.2 Å². The highest BCUT2D eigenvalue weighted by molar-refractivity contribution is 5.34. The van der Waals surface area contributed by atoms with Crippen molar-refractivity contribution in [2.45, 2.75) is 18.5 Å².